The Hall–Kier alpha value is -1.92. The molecule has 7 heteroatoms. The second-order valence-corrected chi connectivity index (χ2v) is 5.68. The standard InChI is InChI=1S/C14H11BrClN5/c15-14-6-11(16)5-4-10(14)8-17-12-2-1-3-13(7-12)21-9-18-19-20-21/h1-7,9,17H,8H2. The molecule has 1 heterocycles. The quantitative estimate of drug-likeness (QED) is 0.767. The zero-order chi connectivity index (χ0) is 14.7. The first-order valence-electron chi connectivity index (χ1n) is 6.23. The predicted molar refractivity (Wildman–Crippen MR) is 85.6 cm³/mol. The Morgan fingerprint density at radius 1 is 1.19 bits per heavy atom. The SMILES string of the molecule is Clc1ccc(CNc2cccc(-n3cnnn3)c2)c(Br)c1. The lowest BCUT2D eigenvalue weighted by Gasteiger charge is -2.10. The number of hydrogen-bond acceptors (Lipinski definition) is 4. The number of rotatable bonds is 4. The van der Waals surface area contributed by atoms with E-state index in [1.807, 2.05) is 42.5 Å². The van der Waals surface area contributed by atoms with Gasteiger partial charge in [-0.05, 0) is 46.3 Å². The van der Waals surface area contributed by atoms with Crippen LogP contribution < -0.4 is 5.32 Å². The van der Waals surface area contributed by atoms with E-state index in [9.17, 15) is 0 Å². The topological polar surface area (TPSA) is 55.6 Å². The van der Waals surface area contributed by atoms with Crippen LogP contribution in [0.1, 0.15) is 5.56 Å². The van der Waals surface area contributed by atoms with E-state index in [1.54, 1.807) is 11.0 Å². The average Bonchev–Trinajstić information content (AvgIpc) is 3.01. The monoisotopic (exact) mass is 363 g/mol. The molecule has 0 fully saturated rings. The van der Waals surface area contributed by atoms with Crippen molar-refractivity contribution in [3.05, 3.63) is 63.9 Å². The summed E-state index contributed by atoms with van der Waals surface area (Å²) in [6.45, 7) is 0.691. The van der Waals surface area contributed by atoms with Crippen molar-refractivity contribution in [2.24, 2.45) is 0 Å². The van der Waals surface area contributed by atoms with Gasteiger partial charge in [-0.2, -0.15) is 0 Å². The Balaban J connectivity index is 1.75. The molecule has 1 N–H and O–H groups in total. The van der Waals surface area contributed by atoms with Crippen LogP contribution in [-0.2, 0) is 6.54 Å². The molecule has 0 saturated carbocycles. The largest absolute Gasteiger partial charge is 0.381 e. The van der Waals surface area contributed by atoms with Crippen LogP contribution in [0.5, 0.6) is 0 Å². The number of aromatic nitrogens is 4. The first kappa shape index (κ1) is 14.0. The summed E-state index contributed by atoms with van der Waals surface area (Å²) >= 11 is 9.45. The third kappa shape index (κ3) is 3.40. The molecule has 5 nitrogen and oxygen atoms in total. The highest BCUT2D eigenvalue weighted by atomic mass is 79.9. The third-order valence-electron chi connectivity index (χ3n) is 2.96. The van der Waals surface area contributed by atoms with Crippen molar-refractivity contribution in [1.29, 1.82) is 0 Å². The van der Waals surface area contributed by atoms with E-state index in [-0.39, 0.29) is 0 Å². The van der Waals surface area contributed by atoms with Crippen LogP contribution >= 0.6 is 27.5 Å². The molecule has 0 unspecified atom stereocenters. The highest BCUT2D eigenvalue weighted by molar-refractivity contribution is 9.10. The predicted octanol–water partition coefficient (Wildman–Crippen LogP) is 3.69. The van der Waals surface area contributed by atoms with Crippen molar-refractivity contribution in [2.45, 2.75) is 6.54 Å². The highest BCUT2D eigenvalue weighted by Crippen LogP contribution is 2.23. The number of hydrogen-bond donors (Lipinski definition) is 1. The van der Waals surface area contributed by atoms with E-state index in [0.717, 1.165) is 21.4 Å². The fourth-order valence-corrected chi connectivity index (χ4v) is 2.72. The van der Waals surface area contributed by atoms with Gasteiger partial charge in [-0.15, -0.1) is 5.10 Å². The minimum absolute atomic E-state index is 0.691. The molecule has 0 spiro atoms. The van der Waals surface area contributed by atoms with Crippen LogP contribution in [-0.4, -0.2) is 20.2 Å². The van der Waals surface area contributed by atoms with Crippen molar-refractivity contribution in [3.8, 4) is 5.69 Å². The van der Waals surface area contributed by atoms with Gasteiger partial charge in [-0.3, -0.25) is 0 Å². The van der Waals surface area contributed by atoms with Crippen molar-refractivity contribution < 1.29 is 0 Å². The number of nitrogens with one attached hydrogen (secondary N) is 1. The first-order valence-corrected chi connectivity index (χ1v) is 7.41. The molecule has 0 aliphatic carbocycles. The zero-order valence-electron chi connectivity index (χ0n) is 10.9. The molecule has 0 saturated heterocycles. The summed E-state index contributed by atoms with van der Waals surface area (Å²) in [5.74, 6) is 0. The molecule has 0 aliphatic heterocycles. The molecule has 0 radical (unpaired) electrons. The van der Waals surface area contributed by atoms with Gasteiger partial charge >= 0.3 is 0 Å². The smallest absolute Gasteiger partial charge is 0.143 e. The molecule has 0 atom stereocenters. The summed E-state index contributed by atoms with van der Waals surface area (Å²) in [6, 6.07) is 13.6. The fourth-order valence-electron chi connectivity index (χ4n) is 1.90. The number of halogens is 2. The maximum absolute atomic E-state index is 5.94. The van der Waals surface area contributed by atoms with E-state index in [4.69, 9.17) is 11.6 Å². The summed E-state index contributed by atoms with van der Waals surface area (Å²) in [5.41, 5.74) is 3.03. The molecule has 0 amide bonds. The molecule has 106 valence electrons. The van der Waals surface area contributed by atoms with E-state index in [1.165, 1.54) is 0 Å². The molecule has 3 rings (SSSR count). The first-order chi connectivity index (χ1) is 10.2. The van der Waals surface area contributed by atoms with Gasteiger partial charge in [-0.25, -0.2) is 4.68 Å². The van der Waals surface area contributed by atoms with Crippen LogP contribution in [0.3, 0.4) is 0 Å². The van der Waals surface area contributed by atoms with Gasteiger partial charge in [0.1, 0.15) is 6.33 Å². The number of anilines is 1. The zero-order valence-corrected chi connectivity index (χ0v) is 13.2. The van der Waals surface area contributed by atoms with Gasteiger partial charge in [0.25, 0.3) is 0 Å². The normalized spacial score (nSPS) is 10.6. The van der Waals surface area contributed by atoms with Gasteiger partial charge in [-0.1, -0.05) is 39.7 Å². The summed E-state index contributed by atoms with van der Waals surface area (Å²) in [4.78, 5) is 0. The second kappa shape index (κ2) is 6.24. The summed E-state index contributed by atoms with van der Waals surface area (Å²) in [6.07, 6.45) is 1.56. The molecule has 1 aromatic heterocycles. The molecule has 21 heavy (non-hydrogen) atoms. The van der Waals surface area contributed by atoms with E-state index in [0.29, 0.717) is 11.6 Å². The highest BCUT2D eigenvalue weighted by Gasteiger charge is 2.03. The summed E-state index contributed by atoms with van der Waals surface area (Å²) in [5, 5.41) is 15.2. The lowest BCUT2D eigenvalue weighted by molar-refractivity contribution is 0.789. The lowest BCUT2D eigenvalue weighted by atomic mass is 10.2. The van der Waals surface area contributed by atoms with Crippen molar-refractivity contribution in [2.75, 3.05) is 5.32 Å². The Kier molecular flexibility index (Phi) is 4.17. The molecular formula is C14H11BrClN5. The maximum Gasteiger partial charge on any atom is 0.143 e. The molecule has 3 aromatic rings. The number of tetrazole rings is 1. The van der Waals surface area contributed by atoms with Gasteiger partial charge < -0.3 is 5.32 Å². The van der Waals surface area contributed by atoms with Crippen molar-refractivity contribution in [3.63, 3.8) is 0 Å². The van der Waals surface area contributed by atoms with E-state index in [2.05, 4.69) is 36.8 Å². The minimum atomic E-state index is 0.691. The van der Waals surface area contributed by atoms with Gasteiger partial charge in [0.15, 0.2) is 0 Å². The van der Waals surface area contributed by atoms with Gasteiger partial charge in [0.05, 0.1) is 5.69 Å². The van der Waals surface area contributed by atoms with E-state index >= 15 is 0 Å². The number of nitrogens with zero attached hydrogens (tertiary/aromatic N) is 4. The fraction of sp³-hybridized carbons (Fsp3) is 0.0714. The van der Waals surface area contributed by atoms with Crippen LogP contribution in [0.4, 0.5) is 5.69 Å². The Morgan fingerprint density at radius 3 is 2.86 bits per heavy atom. The Labute approximate surface area is 135 Å². The maximum atomic E-state index is 5.94. The van der Waals surface area contributed by atoms with Gasteiger partial charge in [0, 0.05) is 21.7 Å². The molecule has 0 bridgehead atoms. The van der Waals surface area contributed by atoms with Gasteiger partial charge in [0.2, 0.25) is 0 Å². The third-order valence-corrected chi connectivity index (χ3v) is 3.93. The summed E-state index contributed by atoms with van der Waals surface area (Å²) < 4.78 is 2.60. The minimum Gasteiger partial charge on any atom is -0.381 e. The molecule has 0 aliphatic rings. The molecular weight excluding hydrogens is 354 g/mol. The van der Waals surface area contributed by atoms with Crippen LogP contribution in [0.25, 0.3) is 5.69 Å². The molecule has 2 aromatic carbocycles. The van der Waals surface area contributed by atoms with Crippen LogP contribution in [0, 0.1) is 0 Å². The van der Waals surface area contributed by atoms with E-state index < -0.39 is 0 Å². The van der Waals surface area contributed by atoms with Crippen molar-refractivity contribution >= 4 is 33.2 Å². The Morgan fingerprint density at radius 2 is 2.10 bits per heavy atom. The lowest BCUT2D eigenvalue weighted by Crippen LogP contribution is -2.02. The van der Waals surface area contributed by atoms with Crippen molar-refractivity contribution in [1.82, 2.24) is 20.2 Å². The summed E-state index contributed by atoms with van der Waals surface area (Å²) in [7, 11) is 0. The average molecular weight is 365 g/mol. The van der Waals surface area contributed by atoms with Crippen LogP contribution in [0.2, 0.25) is 5.02 Å². The number of benzene rings is 2. The van der Waals surface area contributed by atoms with Crippen LogP contribution in [0.15, 0.2) is 53.3 Å². The Bertz CT molecular complexity index is 745. The second-order valence-electron chi connectivity index (χ2n) is 4.39.